The second kappa shape index (κ2) is 5.81. The summed E-state index contributed by atoms with van der Waals surface area (Å²) in [4.78, 5) is 20.0. The third-order valence-corrected chi connectivity index (χ3v) is 7.36. The number of aryl methyl sites for hydroxylation is 1. The molecule has 5 nitrogen and oxygen atoms in total. The first-order valence-electron chi connectivity index (χ1n) is 9.57. The number of hydrogen-bond acceptors (Lipinski definition) is 4. The molecule has 1 saturated heterocycles. The van der Waals surface area contributed by atoms with Gasteiger partial charge < -0.3 is 5.11 Å². The van der Waals surface area contributed by atoms with Gasteiger partial charge in [0.2, 0.25) is 0 Å². The number of fused-ring (bicyclic) bond motifs is 2. The van der Waals surface area contributed by atoms with Gasteiger partial charge in [0.05, 0.1) is 11.4 Å². The Morgan fingerprint density at radius 1 is 1.32 bits per heavy atom. The molecule has 2 aliphatic carbocycles. The van der Waals surface area contributed by atoms with E-state index in [2.05, 4.69) is 21.6 Å². The van der Waals surface area contributed by atoms with E-state index in [0.717, 1.165) is 30.0 Å². The predicted octanol–water partition coefficient (Wildman–Crippen LogP) is 3.80. The van der Waals surface area contributed by atoms with E-state index in [0.29, 0.717) is 17.9 Å². The van der Waals surface area contributed by atoms with Crippen molar-refractivity contribution in [3.05, 3.63) is 22.5 Å². The molecule has 0 aromatic carbocycles. The number of aromatic nitrogens is 2. The van der Waals surface area contributed by atoms with Crippen molar-refractivity contribution in [3.8, 4) is 0 Å². The summed E-state index contributed by atoms with van der Waals surface area (Å²) in [6, 6.07) is 0.101. The third-order valence-electron chi connectivity index (χ3n) is 6.52. The summed E-state index contributed by atoms with van der Waals surface area (Å²) >= 11 is 1.72. The van der Waals surface area contributed by atoms with Crippen LogP contribution < -0.4 is 0 Å². The lowest BCUT2D eigenvalue weighted by molar-refractivity contribution is -0.142. The number of aliphatic carboxylic acids is 1. The molecular formula is C19H25N3O2S. The number of likely N-dealkylation sites (tertiary alicyclic amines) is 1. The maximum atomic E-state index is 11.9. The molecule has 3 atom stereocenters. The van der Waals surface area contributed by atoms with Crippen LogP contribution >= 0.6 is 11.3 Å². The van der Waals surface area contributed by atoms with Crippen LogP contribution in [0.3, 0.4) is 0 Å². The number of carboxylic acid groups (broad SMARTS) is 1. The van der Waals surface area contributed by atoms with Crippen molar-refractivity contribution < 1.29 is 9.90 Å². The summed E-state index contributed by atoms with van der Waals surface area (Å²) in [5.41, 5.74) is 3.68. The number of hydrogen-bond donors (Lipinski definition) is 1. The second-order valence-electron chi connectivity index (χ2n) is 8.07. The minimum absolute atomic E-state index is 0.332. The fourth-order valence-corrected chi connectivity index (χ4v) is 6.12. The van der Waals surface area contributed by atoms with Gasteiger partial charge in [0.1, 0.15) is 6.04 Å². The molecule has 0 radical (unpaired) electrons. The summed E-state index contributed by atoms with van der Waals surface area (Å²) in [6.07, 6.45) is 8.19. The molecule has 2 saturated carbocycles. The van der Waals surface area contributed by atoms with E-state index < -0.39 is 5.97 Å². The number of carbonyl (C=O) groups is 1. The Labute approximate surface area is 151 Å². The molecule has 3 aliphatic rings. The molecule has 2 aromatic rings. The summed E-state index contributed by atoms with van der Waals surface area (Å²) in [7, 11) is 0. The van der Waals surface area contributed by atoms with Gasteiger partial charge in [0.15, 0.2) is 4.96 Å². The summed E-state index contributed by atoms with van der Waals surface area (Å²) in [5, 5.41) is 12.0. The molecule has 0 spiro atoms. The first kappa shape index (κ1) is 15.8. The molecular weight excluding hydrogens is 334 g/mol. The average molecular weight is 359 g/mol. The normalized spacial score (nSPS) is 30.0. The minimum atomic E-state index is -0.652. The second-order valence-corrected chi connectivity index (χ2v) is 8.91. The van der Waals surface area contributed by atoms with E-state index in [1.54, 1.807) is 11.3 Å². The summed E-state index contributed by atoms with van der Waals surface area (Å²) in [6.45, 7) is 2.80. The first-order chi connectivity index (χ1) is 12.1. The molecule has 0 bridgehead atoms. The van der Waals surface area contributed by atoms with Crippen LogP contribution in [0.15, 0.2) is 5.38 Å². The van der Waals surface area contributed by atoms with Crippen molar-refractivity contribution in [2.45, 2.75) is 76.4 Å². The van der Waals surface area contributed by atoms with Crippen molar-refractivity contribution in [2.75, 3.05) is 0 Å². The van der Waals surface area contributed by atoms with Crippen LogP contribution in [0.4, 0.5) is 0 Å². The number of thiazole rings is 1. The lowest BCUT2D eigenvalue weighted by atomic mass is 9.85. The van der Waals surface area contributed by atoms with Crippen molar-refractivity contribution in [3.63, 3.8) is 0 Å². The molecule has 134 valence electrons. The van der Waals surface area contributed by atoms with Gasteiger partial charge in [-0.15, -0.1) is 11.3 Å². The third kappa shape index (κ3) is 2.53. The van der Waals surface area contributed by atoms with Crippen LogP contribution in [-0.2, 0) is 11.3 Å². The number of carboxylic acids is 1. The Morgan fingerprint density at radius 3 is 2.88 bits per heavy atom. The highest BCUT2D eigenvalue weighted by atomic mass is 32.1. The topological polar surface area (TPSA) is 57.8 Å². The van der Waals surface area contributed by atoms with Gasteiger partial charge >= 0.3 is 5.97 Å². The molecule has 3 unspecified atom stereocenters. The fourth-order valence-electron chi connectivity index (χ4n) is 5.09. The highest BCUT2D eigenvalue weighted by Gasteiger charge is 2.45. The monoisotopic (exact) mass is 359 g/mol. The summed E-state index contributed by atoms with van der Waals surface area (Å²) in [5.74, 6) is 0.585. The maximum Gasteiger partial charge on any atom is 0.320 e. The Bertz CT molecular complexity index is 822. The predicted molar refractivity (Wildman–Crippen MR) is 97.1 cm³/mol. The Hall–Kier alpha value is -1.40. The van der Waals surface area contributed by atoms with Crippen LogP contribution in [-0.4, -0.2) is 37.4 Å². The maximum absolute atomic E-state index is 11.9. The molecule has 6 heteroatoms. The van der Waals surface area contributed by atoms with Gasteiger partial charge in [-0.25, -0.2) is 4.98 Å². The summed E-state index contributed by atoms with van der Waals surface area (Å²) < 4.78 is 2.34. The first-order valence-corrected chi connectivity index (χ1v) is 10.5. The number of rotatable bonds is 4. The molecule has 1 aliphatic heterocycles. The van der Waals surface area contributed by atoms with Crippen LogP contribution in [0.5, 0.6) is 0 Å². The van der Waals surface area contributed by atoms with E-state index in [-0.39, 0.29) is 6.04 Å². The van der Waals surface area contributed by atoms with E-state index in [9.17, 15) is 9.90 Å². The van der Waals surface area contributed by atoms with E-state index in [1.807, 2.05) is 0 Å². The number of imidazole rings is 1. The minimum Gasteiger partial charge on any atom is -0.480 e. The standard InChI is InChI=1S/C19H25N3O2S/c1-11-16(22-17(12-6-7-12)10-25-19(22)20-11)9-21-14-5-3-2-4-13(14)8-15(21)18(23)24/h10,12-15H,2-9H2,1H3,(H,23,24). The van der Waals surface area contributed by atoms with Crippen LogP contribution in [0.2, 0.25) is 0 Å². The number of nitrogens with zero attached hydrogens (tertiary/aromatic N) is 3. The zero-order valence-electron chi connectivity index (χ0n) is 14.6. The molecule has 5 rings (SSSR count). The molecule has 3 heterocycles. The van der Waals surface area contributed by atoms with Crippen molar-refractivity contribution >= 4 is 22.3 Å². The zero-order valence-corrected chi connectivity index (χ0v) is 15.5. The highest BCUT2D eigenvalue weighted by molar-refractivity contribution is 7.15. The quantitative estimate of drug-likeness (QED) is 0.902. The van der Waals surface area contributed by atoms with Gasteiger partial charge in [-0.3, -0.25) is 14.1 Å². The van der Waals surface area contributed by atoms with Gasteiger partial charge in [-0.05, 0) is 44.9 Å². The highest BCUT2D eigenvalue weighted by Crippen LogP contribution is 2.44. The SMILES string of the molecule is Cc1nc2scc(C3CC3)n2c1CN1C(C(=O)O)CC2CCCCC21. The lowest BCUT2D eigenvalue weighted by Crippen LogP contribution is -2.42. The van der Waals surface area contributed by atoms with Gasteiger partial charge in [-0.2, -0.15) is 0 Å². The van der Waals surface area contributed by atoms with Gasteiger partial charge in [-0.1, -0.05) is 12.8 Å². The molecule has 0 amide bonds. The van der Waals surface area contributed by atoms with Crippen LogP contribution in [0.25, 0.3) is 4.96 Å². The van der Waals surface area contributed by atoms with Crippen LogP contribution in [0, 0.1) is 12.8 Å². The zero-order chi connectivity index (χ0) is 17.1. The van der Waals surface area contributed by atoms with Gasteiger partial charge in [0.25, 0.3) is 0 Å². The Kier molecular flexibility index (Phi) is 3.68. The Balaban J connectivity index is 1.53. The van der Waals surface area contributed by atoms with E-state index >= 15 is 0 Å². The van der Waals surface area contributed by atoms with Gasteiger partial charge in [0, 0.05) is 29.6 Å². The van der Waals surface area contributed by atoms with Crippen molar-refractivity contribution in [2.24, 2.45) is 5.92 Å². The smallest absolute Gasteiger partial charge is 0.320 e. The van der Waals surface area contributed by atoms with E-state index in [4.69, 9.17) is 4.98 Å². The van der Waals surface area contributed by atoms with E-state index in [1.165, 1.54) is 43.5 Å². The average Bonchev–Trinajstić information content (AvgIpc) is 3.14. The molecule has 1 N–H and O–H groups in total. The fraction of sp³-hybridized carbons (Fsp3) is 0.684. The molecule has 2 aromatic heterocycles. The lowest BCUT2D eigenvalue weighted by Gasteiger charge is -2.33. The molecule has 25 heavy (non-hydrogen) atoms. The molecule has 3 fully saturated rings. The Morgan fingerprint density at radius 2 is 2.12 bits per heavy atom. The largest absolute Gasteiger partial charge is 0.480 e. The van der Waals surface area contributed by atoms with Crippen molar-refractivity contribution in [1.82, 2.24) is 14.3 Å². The van der Waals surface area contributed by atoms with Crippen molar-refractivity contribution in [1.29, 1.82) is 0 Å². The van der Waals surface area contributed by atoms with Crippen LogP contribution in [0.1, 0.15) is 67.9 Å².